The molecule has 0 aliphatic carbocycles. The van der Waals surface area contributed by atoms with Crippen LogP contribution >= 0.6 is 0 Å². The number of aliphatic hydroxyl groups is 1. The van der Waals surface area contributed by atoms with Crippen LogP contribution in [0.15, 0.2) is 48.8 Å². The molecule has 2 amide bonds. The number of alkyl halides is 1. The van der Waals surface area contributed by atoms with Crippen molar-refractivity contribution in [1.82, 2.24) is 29.7 Å². The molecule has 3 aromatic rings. The molecule has 12 nitrogen and oxygen atoms in total. The Hall–Kier alpha value is -4.67. The minimum atomic E-state index is -1.47. The van der Waals surface area contributed by atoms with E-state index in [1.165, 1.54) is 18.2 Å². The Bertz CT molecular complexity index is 1500. The lowest BCUT2D eigenvalue weighted by molar-refractivity contribution is -0.143. The van der Waals surface area contributed by atoms with Gasteiger partial charge in [0.25, 0.3) is 11.8 Å². The Morgan fingerprint density at radius 1 is 1.09 bits per heavy atom. The third-order valence-corrected chi connectivity index (χ3v) is 7.54. The lowest BCUT2D eigenvalue weighted by Gasteiger charge is -2.35. The molecule has 2 saturated heterocycles. The minimum absolute atomic E-state index is 0.00162. The van der Waals surface area contributed by atoms with Gasteiger partial charge in [0.05, 0.1) is 12.1 Å². The number of rotatable bonds is 7. The summed E-state index contributed by atoms with van der Waals surface area (Å²) < 4.78 is 20.7. The number of benzene rings is 2. The highest BCUT2D eigenvalue weighted by Crippen LogP contribution is 2.28. The molecule has 0 radical (unpaired) electrons. The van der Waals surface area contributed by atoms with Crippen molar-refractivity contribution >= 4 is 23.5 Å². The average Bonchev–Trinajstić information content (AvgIpc) is 3.02. The van der Waals surface area contributed by atoms with Crippen molar-refractivity contribution in [2.75, 3.05) is 51.6 Å². The van der Waals surface area contributed by atoms with Crippen LogP contribution in [0.1, 0.15) is 29.3 Å². The van der Waals surface area contributed by atoms with Gasteiger partial charge in [0, 0.05) is 56.0 Å². The molecule has 1 aromatic heterocycles. The molecular weight excluding hydrogens is 555 g/mol. The van der Waals surface area contributed by atoms with E-state index in [0.29, 0.717) is 35.7 Å². The summed E-state index contributed by atoms with van der Waals surface area (Å²) in [7, 11) is 2.04. The molecular formula is C30H33FN8O4. The van der Waals surface area contributed by atoms with Gasteiger partial charge in [0.15, 0.2) is 12.0 Å². The first-order chi connectivity index (χ1) is 20.7. The number of nitrogens with zero attached hydrogens (tertiary/aromatic N) is 7. The number of amides is 2. The number of nitrogens with one attached hydrogen (secondary N) is 1. The fraction of sp³-hybridized carbons (Fsp3) is 0.400. The molecule has 13 heteroatoms. The van der Waals surface area contributed by atoms with E-state index in [4.69, 9.17) is 4.74 Å². The van der Waals surface area contributed by atoms with E-state index < -0.39 is 24.3 Å². The van der Waals surface area contributed by atoms with Gasteiger partial charge in [-0.25, -0.2) is 14.4 Å². The van der Waals surface area contributed by atoms with Crippen LogP contribution in [0.25, 0.3) is 11.4 Å². The summed E-state index contributed by atoms with van der Waals surface area (Å²) in [5.74, 6) is 0.286. The van der Waals surface area contributed by atoms with Crippen molar-refractivity contribution in [2.45, 2.75) is 31.7 Å². The molecule has 3 atom stereocenters. The normalized spacial score (nSPS) is 19.8. The van der Waals surface area contributed by atoms with E-state index in [1.54, 1.807) is 42.5 Å². The molecule has 0 saturated carbocycles. The number of aliphatic hydroxyl groups excluding tert-OH is 1. The third-order valence-electron chi connectivity index (χ3n) is 7.54. The zero-order valence-corrected chi connectivity index (χ0v) is 24.0. The number of aromatic nitrogens is 3. The number of halogens is 1. The van der Waals surface area contributed by atoms with Gasteiger partial charge in [-0.1, -0.05) is 0 Å². The highest BCUT2D eigenvalue weighted by atomic mass is 19.1. The number of nitriles is 1. The first kappa shape index (κ1) is 29.8. The molecule has 3 heterocycles. The Kier molecular flexibility index (Phi) is 9.08. The first-order valence-electron chi connectivity index (χ1n) is 14.1. The maximum absolute atomic E-state index is 14.8. The Morgan fingerprint density at radius 3 is 2.51 bits per heavy atom. The summed E-state index contributed by atoms with van der Waals surface area (Å²) in [6.45, 7) is 4.50. The second kappa shape index (κ2) is 13.1. The van der Waals surface area contributed by atoms with Crippen LogP contribution in [0.2, 0.25) is 0 Å². The van der Waals surface area contributed by atoms with Crippen molar-refractivity contribution in [3.63, 3.8) is 0 Å². The zero-order chi connectivity index (χ0) is 30.5. The molecule has 2 aliphatic heterocycles. The van der Waals surface area contributed by atoms with E-state index in [-0.39, 0.29) is 42.7 Å². The summed E-state index contributed by atoms with van der Waals surface area (Å²) in [5, 5.41) is 22.4. The van der Waals surface area contributed by atoms with Crippen molar-refractivity contribution in [3.8, 4) is 23.2 Å². The Labute approximate surface area is 248 Å². The number of anilines is 2. The fourth-order valence-electron chi connectivity index (χ4n) is 5.02. The van der Waals surface area contributed by atoms with Crippen LogP contribution in [0, 0.1) is 11.3 Å². The number of hydrogen-bond donors (Lipinski definition) is 2. The van der Waals surface area contributed by atoms with Crippen LogP contribution < -0.4 is 10.1 Å². The third kappa shape index (κ3) is 7.04. The van der Waals surface area contributed by atoms with E-state index in [9.17, 15) is 24.3 Å². The van der Waals surface area contributed by atoms with E-state index in [2.05, 4.69) is 31.2 Å². The minimum Gasteiger partial charge on any atom is -0.486 e. The number of piperidine rings is 1. The van der Waals surface area contributed by atoms with Gasteiger partial charge in [-0.05, 0) is 56.4 Å². The van der Waals surface area contributed by atoms with Gasteiger partial charge < -0.3 is 29.9 Å². The van der Waals surface area contributed by atoms with Gasteiger partial charge in [0.2, 0.25) is 5.95 Å². The van der Waals surface area contributed by atoms with Crippen molar-refractivity contribution < 1.29 is 23.8 Å². The Balaban J connectivity index is 1.23. The number of carbonyl (C=O) groups excluding carboxylic acids is 2. The van der Waals surface area contributed by atoms with E-state index in [0.717, 1.165) is 13.1 Å². The summed E-state index contributed by atoms with van der Waals surface area (Å²) in [6, 6.07) is 14.0. The molecule has 2 fully saturated rings. The number of likely N-dealkylation sites (N-methyl/N-ethyl adjacent to an activating group) is 1. The number of likely N-dealkylation sites (tertiary alicyclic amines) is 1. The SMILES string of the molecule is CC(O)C(=O)N1CC[C@H](Oc2ccc(-c3ncnc(Nc4ccc(C(=O)N5CCN(C)CC5)cc4)n3)cc2C#N)[C@H](F)C1. The van der Waals surface area contributed by atoms with Gasteiger partial charge in [-0.15, -0.1) is 0 Å². The smallest absolute Gasteiger partial charge is 0.253 e. The van der Waals surface area contributed by atoms with Crippen LogP contribution in [-0.2, 0) is 4.79 Å². The van der Waals surface area contributed by atoms with Crippen LogP contribution in [0.5, 0.6) is 5.75 Å². The second-order valence-corrected chi connectivity index (χ2v) is 10.7. The molecule has 0 spiro atoms. The van der Waals surface area contributed by atoms with Crippen LogP contribution in [0.3, 0.4) is 0 Å². The van der Waals surface area contributed by atoms with Gasteiger partial charge in [-0.2, -0.15) is 10.2 Å². The summed E-state index contributed by atoms with van der Waals surface area (Å²) in [6.07, 6.45) is -1.94. The quantitative estimate of drug-likeness (QED) is 0.421. The predicted octanol–water partition coefficient (Wildman–Crippen LogP) is 2.24. The van der Waals surface area contributed by atoms with Gasteiger partial charge in [0.1, 0.15) is 30.4 Å². The molecule has 43 heavy (non-hydrogen) atoms. The standard InChI is InChI=1S/C30H33FN8O4/c1-19(40)28(41)39-10-9-26(24(31)17-39)43-25-8-5-21(15-22(25)16-32)27-33-18-34-30(36-27)35-23-6-3-20(4-7-23)29(42)38-13-11-37(2)12-14-38/h3-8,15,18-19,24,26,40H,9-14,17H2,1-2H3,(H,33,34,35,36)/t19?,24-,26+/m1/s1. The molecule has 0 bridgehead atoms. The molecule has 1 unspecified atom stereocenters. The second-order valence-electron chi connectivity index (χ2n) is 10.7. The summed E-state index contributed by atoms with van der Waals surface area (Å²) in [4.78, 5) is 43.0. The van der Waals surface area contributed by atoms with Crippen molar-refractivity contribution in [1.29, 1.82) is 5.26 Å². The molecule has 2 aromatic carbocycles. The predicted molar refractivity (Wildman–Crippen MR) is 155 cm³/mol. The van der Waals surface area contributed by atoms with E-state index in [1.807, 2.05) is 11.9 Å². The van der Waals surface area contributed by atoms with Gasteiger partial charge in [-0.3, -0.25) is 9.59 Å². The number of carbonyl (C=O) groups is 2. The topological polar surface area (TPSA) is 148 Å². The fourth-order valence-corrected chi connectivity index (χ4v) is 5.02. The largest absolute Gasteiger partial charge is 0.486 e. The maximum Gasteiger partial charge on any atom is 0.253 e. The lowest BCUT2D eigenvalue weighted by Crippen LogP contribution is -2.51. The average molecular weight is 589 g/mol. The highest BCUT2D eigenvalue weighted by Gasteiger charge is 2.34. The number of ether oxygens (including phenoxy) is 1. The number of piperazine rings is 1. The van der Waals surface area contributed by atoms with Gasteiger partial charge >= 0.3 is 0 Å². The summed E-state index contributed by atoms with van der Waals surface area (Å²) in [5.41, 5.74) is 2.02. The molecule has 2 aliphatic rings. The molecule has 224 valence electrons. The Morgan fingerprint density at radius 2 is 1.84 bits per heavy atom. The van der Waals surface area contributed by atoms with E-state index >= 15 is 0 Å². The molecule has 2 N–H and O–H groups in total. The summed E-state index contributed by atoms with van der Waals surface area (Å²) >= 11 is 0. The van der Waals surface area contributed by atoms with Crippen molar-refractivity contribution in [2.24, 2.45) is 0 Å². The zero-order valence-electron chi connectivity index (χ0n) is 24.0. The van der Waals surface area contributed by atoms with Crippen molar-refractivity contribution in [3.05, 3.63) is 59.9 Å². The molecule has 5 rings (SSSR count). The highest BCUT2D eigenvalue weighted by molar-refractivity contribution is 5.94. The maximum atomic E-state index is 14.8. The van der Waals surface area contributed by atoms with Crippen LogP contribution in [0.4, 0.5) is 16.0 Å². The number of hydrogen-bond acceptors (Lipinski definition) is 10. The van der Waals surface area contributed by atoms with Crippen LogP contribution in [-0.4, -0.2) is 111 Å². The monoisotopic (exact) mass is 588 g/mol. The lowest BCUT2D eigenvalue weighted by atomic mass is 10.0. The first-order valence-corrected chi connectivity index (χ1v) is 14.1.